The average Bonchev–Trinajstić information content (AvgIpc) is 1.89. The van der Waals surface area contributed by atoms with Crippen LogP contribution in [0.25, 0.3) is 0 Å². The molecule has 0 fully saturated rings. The van der Waals surface area contributed by atoms with Crippen LogP contribution in [0.15, 0.2) is 0 Å². The van der Waals surface area contributed by atoms with Crippen LogP contribution in [0.3, 0.4) is 0 Å². The third kappa shape index (κ3) is 4.34. The predicted octanol–water partition coefficient (Wildman–Crippen LogP) is 1.81. The molecule has 0 radical (unpaired) electrons. The lowest BCUT2D eigenvalue weighted by molar-refractivity contribution is 0.506. The summed E-state index contributed by atoms with van der Waals surface area (Å²) in [6, 6.07) is 2.08. The van der Waals surface area contributed by atoms with Gasteiger partial charge in [0.1, 0.15) is 5.54 Å². The van der Waals surface area contributed by atoms with Crippen molar-refractivity contribution < 1.29 is 0 Å². The zero-order chi connectivity index (χ0) is 8.04. The number of nitriles is 1. The Morgan fingerprint density at radius 2 is 2.10 bits per heavy atom. The molecule has 0 aromatic rings. The summed E-state index contributed by atoms with van der Waals surface area (Å²) in [5.74, 6) is 0. The molecule has 10 heavy (non-hydrogen) atoms. The molecule has 2 heteroatoms. The van der Waals surface area contributed by atoms with Gasteiger partial charge in [-0.25, -0.2) is 0 Å². The highest BCUT2D eigenvalue weighted by molar-refractivity contribution is 5.00. The summed E-state index contributed by atoms with van der Waals surface area (Å²) in [6.45, 7) is 3.92. The van der Waals surface area contributed by atoms with Crippen LogP contribution in [0.2, 0.25) is 0 Å². The first-order valence-electron chi connectivity index (χ1n) is 3.82. The second-order valence-electron chi connectivity index (χ2n) is 2.99. The Hall–Kier alpha value is -0.550. The third-order valence-corrected chi connectivity index (χ3v) is 1.56. The Bertz CT molecular complexity index is 122. The molecule has 0 saturated carbocycles. The lowest BCUT2D eigenvalue weighted by Gasteiger charge is -2.13. The van der Waals surface area contributed by atoms with E-state index < -0.39 is 5.54 Å². The highest BCUT2D eigenvalue weighted by Crippen LogP contribution is 2.09. The fourth-order valence-electron chi connectivity index (χ4n) is 0.798. The van der Waals surface area contributed by atoms with Gasteiger partial charge in [0.15, 0.2) is 0 Å². The van der Waals surface area contributed by atoms with Crippen LogP contribution in [0.1, 0.15) is 39.5 Å². The van der Waals surface area contributed by atoms with Crippen LogP contribution in [0.5, 0.6) is 0 Å². The maximum atomic E-state index is 8.52. The second kappa shape index (κ2) is 4.29. The van der Waals surface area contributed by atoms with E-state index >= 15 is 0 Å². The van der Waals surface area contributed by atoms with Gasteiger partial charge in [0.2, 0.25) is 0 Å². The topological polar surface area (TPSA) is 49.8 Å². The molecular formula is C8H16N2. The van der Waals surface area contributed by atoms with Crippen LogP contribution in [-0.2, 0) is 0 Å². The number of hydrogen-bond donors (Lipinski definition) is 1. The molecule has 0 amide bonds. The first-order chi connectivity index (χ1) is 4.62. The number of nitrogens with zero attached hydrogens (tertiary/aromatic N) is 1. The summed E-state index contributed by atoms with van der Waals surface area (Å²) in [7, 11) is 0. The van der Waals surface area contributed by atoms with Gasteiger partial charge in [-0.05, 0) is 13.3 Å². The fraction of sp³-hybridized carbons (Fsp3) is 0.875. The summed E-state index contributed by atoms with van der Waals surface area (Å²) < 4.78 is 0. The molecule has 0 aliphatic heterocycles. The summed E-state index contributed by atoms with van der Waals surface area (Å²) in [6.07, 6.45) is 4.24. The minimum atomic E-state index is -0.602. The molecule has 0 spiro atoms. The van der Waals surface area contributed by atoms with Gasteiger partial charge in [0, 0.05) is 0 Å². The Morgan fingerprint density at radius 1 is 1.50 bits per heavy atom. The Morgan fingerprint density at radius 3 is 2.50 bits per heavy atom. The van der Waals surface area contributed by atoms with Gasteiger partial charge >= 0.3 is 0 Å². The summed E-state index contributed by atoms with van der Waals surface area (Å²) in [5.41, 5.74) is 4.99. The zero-order valence-corrected chi connectivity index (χ0v) is 6.85. The van der Waals surface area contributed by atoms with Gasteiger partial charge in [0.05, 0.1) is 6.07 Å². The minimum Gasteiger partial charge on any atom is -0.314 e. The van der Waals surface area contributed by atoms with Crippen LogP contribution < -0.4 is 5.73 Å². The van der Waals surface area contributed by atoms with Crippen LogP contribution in [0, 0.1) is 11.3 Å². The molecule has 1 atom stereocenters. The fourth-order valence-corrected chi connectivity index (χ4v) is 0.798. The normalized spacial score (nSPS) is 15.8. The third-order valence-electron chi connectivity index (χ3n) is 1.56. The van der Waals surface area contributed by atoms with Crippen LogP contribution in [0.4, 0.5) is 0 Å². The standard InChI is InChI=1S/C8H16N2/c1-3-4-5-6-8(2,10)7-9/h3-6,10H2,1-2H3. The smallest absolute Gasteiger partial charge is 0.101 e. The van der Waals surface area contributed by atoms with E-state index in [4.69, 9.17) is 11.0 Å². The Kier molecular flexibility index (Phi) is 4.06. The van der Waals surface area contributed by atoms with Gasteiger partial charge in [-0.1, -0.05) is 26.2 Å². The molecular weight excluding hydrogens is 124 g/mol. The second-order valence-corrected chi connectivity index (χ2v) is 2.99. The van der Waals surface area contributed by atoms with Crippen molar-refractivity contribution in [3.05, 3.63) is 0 Å². The van der Waals surface area contributed by atoms with Crippen LogP contribution >= 0.6 is 0 Å². The maximum absolute atomic E-state index is 8.52. The molecule has 1 unspecified atom stereocenters. The molecule has 0 saturated heterocycles. The SMILES string of the molecule is CCCCCC(C)(N)C#N. The van der Waals surface area contributed by atoms with Crippen molar-refractivity contribution in [2.24, 2.45) is 5.73 Å². The lowest BCUT2D eigenvalue weighted by atomic mass is 9.98. The molecule has 0 aromatic carbocycles. The molecule has 0 rings (SSSR count). The highest BCUT2D eigenvalue weighted by Gasteiger charge is 2.15. The van der Waals surface area contributed by atoms with Crippen LogP contribution in [-0.4, -0.2) is 5.54 Å². The van der Waals surface area contributed by atoms with Gasteiger partial charge < -0.3 is 5.73 Å². The van der Waals surface area contributed by atoms with Crippen molar-refractivity contribution in [3.8, 4) is 6.07 Å². The summed E-state index contributed by atoms with van der Waals surface area (Å²) in [5, 5.41) is 8.52. The maximum Gasteiger partial charge on any atom is 0.101 e. The van der Waals surface area contributed by atoms with Crippen molar-refractivity contribution in [3.63, 3.8) is 0 Å². The summed E-state index contributed by atoms with van der Waals surface area (Å²) >= 11 is 0. The average molecular weight is 140 g/mol. The van der Waals surface area contributed by atoms with E-state index in [2.05, 4.69) is 13.0 Å². The molecule has 2 N–H and O–H groups in total. The van der Waals surface area contributed by atoms with Crippen molar-refractivity contribution in [1.29, 1.82) is 5.26 Å². The van der Waals surface area contributed by atoms with E-state index in [9.17, 15) is 0 Å². The molecule has 0 aliphatic carbocycles. The quantitative estimate of drug-likeness (QED) is 0.605. The monoisotopic (exact) mass is 140 g/mol. The van der Waals surface area contributed by atoms with Crippen molar-refractivity contribution in [2.75, 3.05) is 0 Å². The summed E-state index contributed by atoms with van der Waals surface area (Å²) in [4.78, 5) is 0. The van der Waals surface area contributed by atoms with Gasteiger partial charge in [-0.2, -0.15) is 5.26 Å². The van der Waals surface area contributed by atoms with E-state index in [1.165, 1.54) is 12.8 Å². The molecule has 0 aromatic heterocycles. The van der Waals surface area contributed by atoms with Crippen molar-refractivity contribution in [1.82, 2.24) is 0 Å². The molecule has 0 aliphatic rings. The molecule has 58 valence electrons. The Balaban J connectivity index is 3.40. The zero-order valence-electron chi connectivity index (χ0n) is 6.85. The molecule has 0 heterocycles. The van der Waals surface area contributed by atoms with E-state index in [0.29, 0.717) is 0 Å². The molecule has 2 nitrogen and oxygen atoms in total. The predicted molar refractivity (Wildman–Crippen MR) is 42.3 cm³/mol. The van der Waals surface area contributed by atoms with Crippen molar-refractivity contribution >= 4 is 0 Å². The number of nitrogens with two attached hydrogens (primary N) is 1. The number of hydrogen-bond acceptors (Lipinski definition) is 2. The van der Waals surface area contributed by atoms with E-state index in [1.807, 2.05) is 0 Å². The highest BCUT2D eigenvalue weighted by atomic mass is 14.7. The lowest BCUT2D eigenvalue weighted by Crippen LogP contribution is -2.33. The van der Waals surface area contributed by atoms with E-state index in [-0.39, 0.29) is 0 Å². The first kappa shape index (κ1) is 9.45. The number of unbranched alkanes of at least 4 members (excludes halogenated alkanes) is 2. The van der Waals surface area contributed by atoms with Gasteiger partial charge in [0.25, 0.3) is 0 Å². The largest absolute Gasteiger partial charge is 0.314 e. The van der Waals surface area contributed by atoms with E-state index in [1.54, 1.807) is 6.92 Å². The first-order valence-corrected chi connectivity index (χ1v) is 3.82. The van der Waals surface area contributed by atoms with Gasteiger partial charge in [-0.15, -0.1) is 0 Å². The molecule has 0 bridgehead atoms. The van der Waals surface area contributed by atoms with E-state index in [0.717, 1.165) is 12.8 Å². The Labute approximate surface area is 63.0 Å². The number of rotatable bonds is 4. The van der Waals surface area contributed by atoms with Gasteiger partial charge in [-0.3, -0.25) is 0 Å². The minimum absolute atomic E-state index is 0.602. The van der Waals surface area contributed by atoms with Crippen molar-refractivity contribution in [2.45, 2.75) is 45.1 Å².